The van der Waals surface area contributed by atoms with Crippen molar-refractivity contribution in [3.05, 3.63) is 47.5 Å². The highest BCUT2D eigenvalue weighted by atomic mass is 35.5. The lowest BCUT2D eigenvalue weighted by molar-refractivity contribution is 0.506. The van der Waals surface area contributed by atoms with Crippen LogP contribution in [0.2, 0.25) is 0 Å². The Morgan fingerprint density at radius 2 is 2.05 bits per heavy atom. The maximum atomic E-state index is 6.00. The molecule has 0 saturated carbocycles. The van der Waals surface area contributed by atoms with Gasteiger partial charge in [0.1, 0.15) is 11.6 Å². The number of nitrogens with zero attached hydrogens (tertiary/aromatic N) is 2. The number of pyridine rings is 1. The molecule has 0 aromatic carbocycles. The number of aromatic nitrogens is 1. The lowest BCUT2D eigenvalue weighted by atomic mass is 9.91. The van der Waals surface area contributed by atoms with Crippen LogP contribution in [0.3, 0.4) is 0 Å². The van der Waals surface area contributed by atoms with Crippen LogP contribution in [0, 0.1) is 0 Å². The van der Waals surface area contributed by atoms with Gasteiger partial charge in [0.05, 0.1) is 12.8 Å². The van der Waals surface area contributed by atoms with E-state index in [1.807, 2.05) is 25.2 Å². The van der Waals surface area contributed by atoms with Crippen LogP contribution in [0.4, 0.5) is 5.82 Å². The second kappa shape index (κ2) is 5.88. The fourth-order valence-electron chi connectivity index (χ4n) is 1.95. The minimum atomic E-state index is 0.00232. The van der Waals surface area contributed by atoms with E-state index < -0.39 is 0 Å². The van der Waals surface area contributed by atoms with Gasteiger partial charge in [-0.05, 0) is 29.8 Å². The van der Waals surface area contributed by atoms with Crippen LogP contribution in [-0.2, 0) is 17.8 Å². The number of halogens is 1. The van der Waals surface area contributed by atoms with Crippen molar-refractivity contribution in [2.45, 2.75) is 38.6 Å². The van der Waals surface area contributed by atoms with E-state index in [9.17, 15) is 0 Å². The molecule has 20 heavy (non-hydrogen) atoms. The third-order valence-corrected chi connectivity index (χ3v) is 3.47. The van der Waals surface area contributed by atoms with Crippen molar-refractivity contribution in [3.63, 3.8) is 0 Å². The van der Waals surface area contributed by atoms with Gasteiger partial charge in [0.2, 0.25) is 0 Å². The summed E-state index contributed by atoms with van der Waals surface area (Å²) in [7, 11) is 2.01. The third-order valence-electron chi connectivity index (χ3n) is 3.16. The van der Waals surface area contributed by atoms with Gasteiger partial charge < -0.3 is 9.32 Å². The van der Waals surface area contributed by atoms with Crippen LogP contribution in [0.15, 0.2) is 34.9 Å². The van der Waals surface area contributed by atoms with Crippen LogP contribution < -0.4 is 4.90 Å². The molecule has 0 atom stereocenters. The van der Waals surface area contributed by atoms with Crippen LogP contribution in [-0.4, -0.2) is 12.0 Å². The Morgan fingerprint density at radius 3 is 2.60 bits per heavy atom. The largest absolute Gasteiger partial charge is 0.467 e. The summed E-state index contributed by atoms with van der Waals surface area (Å²) >= 11 is 6.00. The topological polar surface area (TPSA) is 29.3 Å². The second-order valence-electron chi connectivity index (χ2n) is 6.04. The van der Waals surface area contributed by atoms with Gasteiger partial charge in [0.15, 0.2) is 0 Å². The Balaban J connectivity index is 2.30. The molecule has 2 aromatic heterocycles. The minimum Gasteiger partial charge on any atom is -0.467 e. The quantitative estimate of drug-likeness (QED) is 0.785. The van der Waals surface area contributed by atoms with Gasteiger partial charge >= 0.3 is 0 Å². The molecule has 0 bridgehead atoms. The molecule has 0 fully saturated rings. The summed E-state index contributed by atoms with van der Waals surface area (Å²) in [5.41, 5.74) is 2.15. The molecule has 0 spiro atoms. The highest BCUT2D eigenvalue weighted by Crippen LogP contribution is 2.25. The molecule has 0 radical (unpaired) electrons. The van der Waals surface area contributed by atoms with E-state index in [-0.39, 0.29) is 5.41 Å². The van der Waals surface area contributed by atoms with E-state index in [2.05, 4.69) is 31.7 Å². The van der Waals surface area contributed by atoms with Crippen LogP contribution in [0.5, 0.6) is 0 Å². The molecular weight excluding hydrogens is 272 g/mol. The first-order valence-electron chi connectivity index (χ1n) is 6.71. The molecule has 3 nitrogen and oxygen atoms in total. The lowest BCUT2D eigenvalue weighted by Gasteiger charge is -2.23. The zero-order chi connectivity index (χ0) is 14.8. The van der Waals surface area contributed by atoms with Gasteiger partial charge in [-0.25, -0.2) is 4.98 Å². The summed E-state index contributed by atoms with van der Waals surface area (Å²) in [6, 6.07) is 7.97. The maximum absolute atomic E-state index is 6.00. The molecule has 2 rings (SSSR count). The monoisotopic (exact) mass is 292 g/mol. The third kappa shape index (κ3) is 3.54. The predicted octanol–water partition coefficient (Wildman–Crippen LogP) is 4.35. The Labute approximate surface area is 125 Å². The molecule has 0 saturated heterocycles. The fraction of sp³-hybridized carbons (Fsp3) is 0.438. The SMILES string of the molecule is CN(Cc1ccco1)c1cc(CCl)cc(C(C)(C)C)n1. The predicted molar refractivity (Wildman–Crippen MR) is 83.3 cm³/mol. The van der Waals surface area contributed by atoms with Crippen molar-refractivity contribution in [2.75, 3.05) is 11.9 Å². The highest BCUT2D eigenvalue weighted by molar-refractivity contribution is 6.17. The molecule has 2 heterocycles. The number of rotatable bonds is 4. The normalized spacial score (nSPS) is 11.7. The van der Waals surface area contributed by atoms with Crippen LogP contribution >= 0.6 is 11.6 Å². The van der Waals surface area contributed by atoms with Crippen LogP contribution in [0.1, 0.15) is 37.8 Å². The Bertz CT molecular complexity index is 558. The van der Waals surface area contributed by atoms with E-state index in [0.717, 1.165) is 22.8 Å². The maximum Gasteiger partial charge on any atom is 0.129 e. The van der Waals surface area contributed by atoms with Crippen molar-refractivity contribution in [2.24, 2.45) is 0 Å². The molecule has 108 valence electrons. The average Bonchev–Trinajstić information content (AvgIpc) is 2.90. The smallest absolute Gasteiger partial charge is 0.129 e. The summed E-state index contributed by atoms with van der Waals surface area (Å²) in [5.74, 6) is 2.33. The van der Waals surface area contributed by atoms with E-state index >= 15 is 0 Å². The molecule has 4 heteroatoms. The van der Waals surface area contributed by atoms with E-state index in [4.69, 9.17) is 21.0 Å². The molecule has 0 unspecified atom stereocenters. The Hall–Kier alpha value is -1.48. The highest BCUT2D eigenvalue weighted by Gasteiger charge is 2.18. The van der Waals surface area contributed by atoms with E-state index in [1.54, 1.807) is 6.26 Å². The second-order valence-corrected chi connectivity index (χ2v) is 6.31. The van der Waals surface area contributed by atoms with E-state index in [1.165, 1.54) is 0 Å². The number of furan rings is 1. The molecule has 0 aliphatic carbocycles. The minimum absolute atomic E-state index is 0.00232. The van der Waals surface area contributed by atoms with Crippen molar-refractivity contribution in [1.82, 2.24) is 4.98 Å². The van der Waals surface area contributed by atoms with Gasteiger partial charge in [-0.3, -0.25) is 0 Å². The summed E-state index contributed by atoms with van der Waals surface area (Å²) < 4.78 is 5.38. The summed E-state index contributed by atoms with van der Waals surface area (Å²) in [6.07, 6.45) is 1.69. The number of anilines is 1. The van der Waals surface area contributed by atoms with Gasteiger partial charge in [0.25, 0.3) is 0 Å². The van der Waals surface area contributed by atoms with Gasteiger partial charge in [-0.2, -0.15) is 0 Å². The Morgan fingerprint density at radius 1 is 1.30 bits per heavy atom. The summed E-state index contributed by atoms with van der Waals surface area (Å²) in [4.78, 5) is 6.83. The zero-order valence-electron chi connectivity index (χ0n) is 12.5. The van der Waals surface area contributed by atoms with Crippen LogP contribution in [0.25, 0.3) is 0 Å². The standard InChI is InChI=1S/C16H21ClN2O/c1-16(2,3)14-8-12(10-17)9-15(18-14)19(4)11-13-6-5-7-20-13/h5-9H,10-11H2,1-4H3. The molecule has 2 aromatic rings. The zero-order valence-corrected chi connectivity index (χ0v) is 13.2. The molecule has 0 N–H and O–H groups in total. The number of hydrogen-bond donors (Lipinski definition) is 0. The first-order valence-corrected chi connectivity index (χ1v) is 7.24. The summed E-state index contributed by atoms with van der Waals surface area (Å²) in [5, 5.41) is 0. The van der Waals surface area contributed by atoms with Crippen molar-refractivity contribution in [1.29, 1.82) is 0 Å². The molecule has 0 aliphatic heterocycles. The first kappa shape index (κ1) is 14.9. The summed E-state index contributed by atoms with van der Waals surface area (Å²) in [6.45, 7) is 7.16. The lowest BCUT2D eigenvalue weighted by Crippen LogP contribution is -2.21. The van der Waals surface area contributed by atoms with Crippen molar-refractivity contribution in [3.8, 4) is 0 Å². The van der Waals surface area contributed by atoms with Crippen molar-refractivity contribution >= 4 is 17.4 Å². The Kier molecular flexibility index (Phi) is 4.39. The first-order chi connectivity index (χ1) is 9.40. The average molecular weight is 293 g/mol. The van der Waals surface area contributed by atoms with Gasteiger partial charge in [-0.15, -0.1) is 11.6 Å². The molecule has 0 aliphatic rings. The van der Waals surface area contributed by atoms with Gasteiger partial charge in [0, 0.05) is 24.0 Å². The van der Waals surface area contributed by atoms with E-state index in [0.29, 0.717) is 12.4 Å². The fourth-order valence-corrected chi connectivity index (χ4v) is 2.10. The van der Waals surface area contributed by atoms with Gasteiger partial charge in [-0.1, -0.05) is 20.8 Å². The molecular formula is C16H21ClN2O. The number of hydrogen-bond acceptors (Lipinski definition) is 3. The molecule has 0 amide bonds. The van der Waals surface area contributed by atoms with Crippen molar-refractivity contribution < 1.29 is 4.42 Å². The number of alkyl halides is 1.